The smallest absolute Gasteiger partial charge is 0.306 e. The highest BCUT2D eigenvalue weighted by Gasteiger charge is 2.21. The molecule has 10 heteroatoms. The predicted molar refractivity (Wildman–Crippen MR) is 263 cm³/mol. The molecule has 0 saturated heterocycles. The Kier molecular flexibility index (Phi) is 43.3. The normalized spacial score (nSPS) is 13.9. The largest absolute Gasteiger partial charge is 0.756 e. The van der Waals surface area contributed by atoms with Crippen LogP contribution < -0.4 is 4.89 Å². The van der Waals surface area contributed by atoms with Gasteiger partial charge in [-0.05, 0) is 57.8 Å². The van der Waals surface area contributed by atoms with Gasteiger partial charge >= 0.3 is 11.9 Å². The molecule has 0 aromatic heterocycles. The number of quaternary nitrogens is 1. The summed E-state index contributed by atoms with van der Waals surface area (Å²) in [6.07, 6.45) is 55.5. The van der Waals surface area contributed by atoms with Crippen molar-refractivity contribution in [1.29, 1.82) is 0 Å². The predicted octanol–water partition coefficient (Wildman–Crippen LogP) is 14.6. The first kappa shape index (κ1) is 60.7. The lowest BCUT2D eigenvalue weighted by Gasteiger charge is -2.28. The number of carbonyl (C=O) groups is 2. The molecule has 2 unspecified atom stereocenters. The second-order valence-corrected chi connectivity index (χ2v) is 19.6. The monoisotopic (exact) mass is 906 g/mol. The minimum atomic E-state index is -4.63. The van der Waals surface area contributed by atoms with Crippen molar-refractivity contribution in [3.8, 4) is 0 Å². The molecule has 0 aromatic carbocycles. The molecule has 0 fully saturated rings. The van der Waals surface area contributed by atoms with Crippen molar-refractivity contribution in [1.82, 2.24) is 0 Å². The summed E-state index contributed by atoms with van der Waals surface area (Å²) in [4.78, 5) is 37.6. The Bertz CT molecular complexity index is 1250. The van der Waals surface area contributed by atoms with Crippen LogP contribution in [0.4, 0.5) is 0 Å². The number of ether oxygens (including phenoxy) is 2. The number of hydrogen-bond acceptors (Lipinski definition) is 8. The lowest BCUT2D eigenvalue weighted by Crippen LogP contribution is -2.37. The van der Waals surface area contributed by atoms with E-state index in [1.165, 1.54) is 109 Å². The molecule has 0 spiro atoms. The summed E-state index contributed by atoms with van der Waals surface area (Å²) in [7, 11) is 1.17. The molecular weight excluding hydrogens is 810 g/mol. The highest BCUT2D eigenvalue weighted by atomic mass is 31.2. The maximum atomic E-state index is 12.7. The maximum absolute atomic E-state index is 12.7. The fourth-order valence-corrected chi connectivity index (χ4v) is 7.59. The van der Waals surface area contributed by atoms with Crippen LogP contribution in [0.5, 0.6) is 0 Å². The number of unbranched alkanes of at least 4 members (excludes halogenated alkanes) is 22. The fraction of sp³-hybridized carbons (Fsp3) is 0.774. The van der Waals surface area contributed by atoms with E-state index in [2.05, 4.69) is 74.6 Å². The Morgan fingerprint density at radius 1 is 0.508 bits per heavy atom. The third-order valence-electron chi connectivity index (χ3n) is 10.8. The molecule has 366 valence electrons. The second-order valence-electron chi connectivity index (χ2n) is 18.2. The van der Waals surface area contributed by atoms with Gasteiger partial charge in [-0.25, -0.2) is 0 Å². The first-order valence-corrected chi connectivity index (χ1v) is 27.0. The van der Waals surface area contributed by atoms with Crippen LogP contribution in [0.25, 0.3) is 0 Å². The Balaban J connectivity index is 4.10. The summed E-state index contributed by atoms with van der Waals surface area (Å²) >= 11 is 0. The van der Waals surface area contributed by atoms with E-state index in [-0.39, 0.29) is 32.0 Å². The van der Waals surface area contributed by atoms with E-state index in [9.17, 15) is 19.0 Å². The molecule has 0 saturated carbocycles. The molecule has 0 aliphatic heterocycles. The number of likely N-dealkylation sites (N-methyl/N-ethyl adjacent to an activating group) is 1. The van der Waals surface area contributed by atoms with E-state index in [4.69, 9.17) is 18.5 Å². The van der Waals surface area contributed by atoms with Crippen molar-refractivity contribution in [3.05, 3.63) is 60.8 Å². The average Bonchev–Trinajstić information content (AvgIpc) is 3.24. The van der Waals surface area contributed by atoms with Gasteiger partial charge in [-0.2, -0.15) is 0 Å². The molecule has 0 aromatic rings. The van der Waals surface area contributed by atoms with Crippen LogP contribution in [0.3, 0.4) is 0 Å². The van der Waals surface area contributed by atoms with Crippen molar-refractivity contribution < 1.29 is 42.1 Å². The summed E-state index contributed by atoms with van der Waals surface area (Å²) < 4.78 is 34.0. The van der Waals surface area contributed by atoms with Crippen LogP contribution in [0.2, 0.25) is 0 Å². The second kappa shape index (κ2) is 44.9. The van der Waals surface area contributed by atoms with Gasteiger partial charge in [0, 0.05) is 12.8 Å². The Labute approximate surface area is 387 Å². The zero-order valence-electron chi connectivity index (χ0n) is 41.3. The average molecular weight is 906 g/mol. The number of esters is 2. The topological polar surface area (TPSA) is 111 Å². The van der Waals surface area contributed by atoms with Crippen molar-refractivity contribution in [2.24, 2.45) is 0 Å². The van der Waals surface area contributed by atoms with E-state index >= 15 is 0 Å². The third-order valence-corrected chi connectivity index (χ3v) is 11.8. The Morgan fingerprint density at radius 2 is 0.905 bits per heavy atom. The van der Waals surface area contributed by atoms with Crippen molar-refractivity contribution in [2.75, 3.05) is 47.5 Å². The molecule has 0 aliphatic rings. The summed E-state index contributed by atoms with van der Waals surface area (Å²) in [6, 6.07) is 0. The number of nitrogens with zero attached hydrogens (tertiary/aromatic N) is 1. The van der Waals surface area contributed by atoms with E-state index in [1.54, 1.807) is 0 Å². The lowest BCUT2D eigenvalue weighted by molar-refractivity contribution is -0.870. The molecule has 0 heterocycles. The maximum Gasteiger partial charge on any atom is 0.306 e. The first-order chi connectivity index (χ1) is 30.5. The quantitative estimate of drug-likeness (QED) is 0.0195. The molecule has 0 rings (SSSR count). The number of allylic oxidation sites excluding steroid dienone is 10. The summed E-state index contributed by atoms with van der Waals surface area (Å²) in [6.45, 7) is 4.11. The van der Waals surface area contributed by atoms with Gasteiger partial charge in [-0.15, -0.1) is 0 Å². The minimum Gasteiger partial charge on any atom is -0.756 e. The molecule has 0 radical (unpaired) electrons. The Hall–Kier alpha value is -2.29. The molecule has 63 heavy (non-hydrogen) atoms. The molecule has 0 aliphatic carbocycles. The number of phosphoric acid groups is 1. The highest BCUT2D eigenvalue weighted by Crippen LogP contribution is 2.38. The Morgan fingerprint density at radius 3 is 1.35 bits per heavy atom. The molecule has 0 amide bonds. The van der Waals surface area contributed by atoms with Crippen LogP contribution >= 0.6 is 7.82 Å². The molecular formula is C53H96NO8P. The van der Waals surface area contributed by atoms with Crippen LogP contribution in [-0.4, -0.2) is 70.0 Å². The van der Waals surface area contributed by atoms with E-state index in [0.717, 1.165) is 70.6 Å². The number of phosphoric ester groups is 1. The number of rotatable bonds is 46. The van der Waals surface area contributed by atoms with Gasteiger partial charge in [0.15, 0.2) is 6.10 Å². The first-order valence-electron chi connectivity index (χ1n) is 25.5. The summed E-state index contributed by atoms with van der Waals surface area (Å²) in [5, 5.41) is 0. The third kappa shape index (κ3) is 49.0. The van der Waals surface area contributed by atoms with E-state index in [1.807, 2.05) is 21.1 Å². The zero-order valence-corrected chi connectivity index (χ0v) is 42.2. The van der Waals surface area contributed by atoms with E-state index in [0.29, 0.717) is 17.4 Å². The van der Waals surface area contributed by atoms with Gasteiger partial charge in [0.05, 0.1) is 27.7 Å². The van der Waals surface area contributed by atoms with Gasteiger partial charge in [-0.3, -0.25) is 14.2 Å². The van der Waals surface area contributed by atoms with Crippen LogP contribution in [0, 0.1) is 0 Å². The van der Waals surface area contributed by atoms with E-state index < -0.39 is 26.5 Å². The number of hydrogen-bond donors (Lipinski definition) is 0. The van der Waals surface area contributed by atoms with Gasteiger partial charge in [0.25, 0.3) is 7.82 Å². The SMILES string of the molecule is CC/C=C\C/C=C\C/C=C\C/C=C\C/C=C\CCCCCCCCCCCCCCCC(=O)OC(COC(=O)CCCCCCCCCCCC)COP(=O)([O-])OCC[N+](C)(C)C. The molecule has 0 bridgehead atoms. The number of carbonyl (C=O) groups excluding carboxylic acids is 2. The minimum absolute atomic E-state index is 0.0313. The van der Waals surface area contributed by atoms with Gasteiger partial charge in [-0.1, -0.05) is 203 Å². The van der Waals surface area contributed by atoms with Crippen molar-refractivity contribution in [3.63, 3.8) is 0 Å². The van der Waals surface area contributed by atoms with Crippen LogP contribution in [0.1, 0.15) is 213 Å². The standard InChI is InChI=1S/C53H96NO8P/c1-6-8-10-12-14-16-18-19-20-21-22-23-24-25-26-27-28-29-30-31-32-33-34-35-36-38-40-42-44-46-53(56)62-51(50-61-63(57,58)60-48-47-54(3,4)5)49-59-52(55)45-43-41-39-37-17-15-13-11-9-7-2/h8,10,14,16,19-20,22-23,25-26,51H,6-7,9,11-13,15,17-18,21,24,27-50H2,1-5H3/b10-8-,16-14-,20-19-,23-22-,26-25-. The lowest BCUT2D eigenvalue weighted by atomic mass is 10.0. The van der Waals surface area contributed by atoms with Gasteiger partial charge < -0.3 is 27.9 Å². The van der Waals surface area contributed by atoms with Gasteiger partial charge in [0.1, 0.15) is 19.8 Å². The van der Waals surface area contributed by atoms with Crippen molar-refractivity contribution >= 4 is 19.8 Å². The van der Waals surface area contributed by atoms with Crippen LogP contribution in [0.15, 0.2) is 60.8 Å². The molecule has 0 N–H and O–H groups in total. The van der Waals surface area contributed by atoms with Gasteiger partial charge in [0.2, 0.25) is 0 Å². The fourth-order valence-electron chi connectivity index (χ4n) is 6.86. The summed E-state index contributed by atoms with van der Waals surface area (Å²) in [5.41, 5.74) is 0. The van der Waals surface area contributed by atoms with Crippen molar-refractivity contribution in [2.45, 2.75) is 219 Å². The van der Waals surface area contributed by atoms with Crippen LogP contribution in [-0.2, 0) is 32.7 Å². The molecule has 2 atom stereocenters. The summed E-state index contributed by atoms with van der Waals surface area (Å²) in [5.74, 6) is -0.834. The zero-order chi connectivity index (χ0) is 46.4. The highest BCUT2D eigenvalue weighted by molar-refractivity contribution is 7.45. The molecule has 9 nitrogen and oxygen atoms in total.